The van der Waals surface area contributed by atoms with E-state index >= 15 is 0 Å². The molecule has 0 radical (unpaired) electrons. The highest BCUT2D eigenvalue weighted by Gasteiger charge is 2.36. The highest BCUT2D eigenvalue weighted by molar-refractivity contribution is 5.93. The van der Waals surface area contributed by atoms with Gasteiger partial charge in [0.1, 0.15) is 0 Å². The van der Waals surface area contributed by atoms with E-state index in [2.05, 4.69) is 53.7 Å². The topological polar surface area (TPSA) is 65.5 Å². The van der Waals surface area contributed by atoms with Crippen molar-refractivity contribution in [1.82, 2.24) is 9.55 Å². The molecule has 0 bridgehead atoms. The molecule has 1 unspecified atom stereocenters. The third kappa shape index (κ3) is 2.97. The van der Waals surface area contributed by atoms with Crippen LogP contribution in [0.15, 0.2) is 48.5 Å². The Hall–Kier alpha value is -3.67. The largest absolute Gasteiger partial charge is 0.462 e. The first-order valence-corrected chi connectivity index (χ1v) is 11.5. The summed E-state index contributed by atoms with van der Waals surface area (Å²) >= 11 is 0. The molecule has 2 aromatic heterocycles. The molecular formula is C27H26N2O4. The van der Waals surface area contributed by atoms with Gasteiger partial charge in [0.15, 0.2) is 11.5 Å². The van der Waals surface area contributed by atoms with Crippen molar-refractivity contribution >= 4 is 16.9 Å². The first-order valence-electron chi connectivity index (χ1n) is 11.5. The van der Waals surface area contributed by atoms with E-state index in [1.54, 1.807) is 0 Å². The molecule has 0 aliphatic carbocycles. The Kier molecular flexibility index (Phi) is 4.50. The van der Waals surface area contributed by atoms with Gasteiger partial charge in [-0.25, -0.2) is 4.79 Å². The van der Waals surface area contributed by atoms with Crippen molar-refractivity contribution in [3.8, 4) is 11.5 Å². The molecule has 0 amide bonds. The Bertz CT molecular complexity index is 1390. The molecule has 2 aliphatic rings. The van der Waals surface area contributed by atoms with Gasteiger partial charge in [-0.15, -0.1) is 0 Å². The molecular weight excluding hydrogens is 416 g/mol. The fourth-order valence-corrected chi connectivity index (χ4v) is 5.24. The number of nitrogens with one attached hydrogen (secondary N) is 1. The molecule has 2 aliphatic heterocycles. The smallest absolute Gasteiger partial charge is 0.339 e. The van der Waals surface area contributed by atoms with Crippen molar-refractivity contribution in [1.29, 1.82) is 0 Å². The molecule has 6 nitrogen and oxygen atoms in total. The van der Waals surface area contributed by atoms with E-state index in [9.17, 15) is 4.79 Å². The van der Waals surface area contributed by atoms with E-state index in [1.807, 2.05) is 25.1 Å². The number of nitrogens with zero attached hydrogens (tertiary/aromatic N) is 1. The first kappa shape index (κ1) is 20.0. The maximum Gasteiger partial charge on any atom is 0.339 e. The Labute approximate surface area is 192 Å². The van der Waals surface area contributed by atoms with E-state index in [4.69, 9.17) is 14.2 Å². The van der Waals surface area contributed by atoms with Crippen LogP contribution in [0.5, 0.6) is 11.5 Å². The summed E-state index contributed by atoms with van der Waals surface area (Å²) in [5.41, 5.74) is 7.32. The van der Waals surface area contributed by atoms with Gasteiger partial charge in [0.2, 0.25) is 6.79 Å². The molecule has 4 heterocycles. The monoisotopic (exact) mass is 442 g/mol. The molecule has 6 heteroatoms. The zero-order valence-corrected chi connectivity index (χ0v) is 19.0. The van der Waals surface area contributed by atoms with Crippen LogP contribution in [0.4, 0.5) is 0 Å². The number of hydrogen-bond acceptors (Lipinski definition) is 4. The number of esters is 1. The number of aromatic amines is 1. The molecule has 0 fully saturated rings. The molecule has 1 N–H and O–H groups in total. The van der Waals surface area contributed by atoms with Gasteiger partial charge in [-0.1, -0.05) is 38.1 Å². The van der Waals surface area contributed by atoms with Gasteiger partial charge in [0, 0.05) is 34.4 Å². The lowest BCUT2D eigenvalue weighted by Crippen LogP contribution is -2.24. The number of carbonyl (C=O) groups is 1. The minimum absolute atomic E-state index is 0.119. The van der Waals surface area contributed by atoms with Crippen LogP contribution in [0.25, 0.3) is 10.9 Å². The summed E-state index contributed by atoms with van der Waals surface area (Å²) in [6.07, 6.45) is 0.668. The number of carbonyl (C=O) groups excluding carboxylic acids is 1. The van der Waals surface area contributed by atoms with Gasteiger partial charge in [-0.05, 0) is 48.2 Å². The second-order valence-corrected chi connectivity index (χ2v) is 8.93. The standard InChI is InChI=1S/C27H26N2O4/c1-4-31-27(30)19-13-21(15(2)3)29-22(19)12-18-17-7-5-6-8-20(17)28-25(18)26(29)16-9-10-23-24(11-16)33-14-32-23/h5-11,13,15,26,28H,4,12,14H2,1-3H3. The number of aromatic nitrogens is 2. The van der Waals surface area contributed by atoms with Crippen molar-refractivity contribution in [2.45, 2.75) is 39.2 Å². The predicted octanol–water partition coefficient (Wildman–Crippen LogP) is 5.54. The van der Waals surface area contributed by atoms with Crippen LogP contribution < -0.4 is 9.47 Å². The van der Waals surface area contributed by atoms with E-state index in [1.165, 1.54) is 10.9 Å². The molecule has 33 heavy (non-hydrogen) atoms. The Morgan fingerprint density at radius 3 is 2.79 bits per heavy atom. The normalized spacial score (nSPS) is 16.2. The van der Waals surface area contributed by atoms with Crippen LogP contribution >= 0.6 is 0 Å². The summed E-state index contributed by atoms with van der Waals surface area (Å²) in [7, 11) is 0. The van der Waals surface area contributed by atoms with E-state index in [-0.39, 0.29) is 24.7 Å². The van der Waals surface area contributed by atoms with Crippen LogP contribution in [0.1, 0.15) is 71.3 Å². The van der Waals surface area contributed by atoms with Crippen molar-refractivity contribution in [3.63, 3.8) is 0 Å². The molecule has 0 saturated carbocycles. The summed E-state index contributed by atoms with van der Waals surface area (Å²) in [5, 5.41) is 1.19. The Balaban J connectivity index is 1.64. The zero-order chi connectivity index (χ0) is 22.7. The number of benzene rings is 2. The Morgan fingerprint density at radius 2 is 1.97 bits per heavy atom. The number of H-pyrrole nitrogens is 1. The summed E-state index contributed by atoms with van der Waals surface area (Å²) in [6, 6.07) is 16.4. The average Bonchev–Trinajstić information content (AvgIpc) is 3.52. The van der Waals surface area contributed by atoms with Crippen molar-refractivity contribution in [2.24, 2.45) is 0 Å². The highest BCUT2D eigenvalue weighted by Crippen LogP contribution is 2.45. The predicted molar refractivity (Wildman–Crippen MR) is 125 cm³/mol. The van der Waals surface area contributed by atoms with E-state index in [0.29, 0.717) is 18.6 Å². The molecule has 0 spiro atoms. The number of fused-ring (bicyclic) bond motifs is 5. The molecule has 168 valence electrons. The zero-order valence-electron chi connectivity index (χ0n) is 19.0. The summed E-state index contributed by atoms with van der Waals surface area (Å²) in [6.45, 7) is 6.76. The Morgan fingerprint density at radius 1 is 1.15 bits per heavy atom. The lowest BCUT2D eigenvalue weighted by molar-refractivity contribution is 0.0525. The van der Waals surface area contributed by atoms with E-state index in [0.717, 1.165) is 39.7 Å². The van der Waals surface area contributed by atoms with Crippen LogP contribution in [-0.4, -0.2) is 28.9 Å². The van der Waals surface area contributed by atoms with Crippen LogP contribution in [0.3, 0.4) is 0 Å². The van der Waals surface area contributed by atoms with Crippen LogP contribution in [0, 0.1) is 0 Å². The number of ether oxygens (including phenoxy) is 3. The highest BCUT2D eigenvalue weighted by atomic mass is 16.7. The fraction of sp³-hybridized carbons (Fsp3) is 0.296. The van der Waals surface area contributed by atoms with Gasteiger partial charge in [-0.2, -0.15) is 0 Å². The third-order valence-electron chi connectivity index (χ3n) is 6.69. The maximum absolute atomic E-state index is 13.0. The van der Waals surface area contributed by atoms with Crippen LogP contribution in [0.2, 0.25) is 0 Å². The van der Waals surface area contributed by atoms with Gasteiger partial charge in [0.25, 0.3) is 0 Å². The summed E-state index contributed by atoms with van der Waals surface area (Å²) < 4.78 is 19.0. The average molecular weight is 443 g/mol. The number of hydrogen-bond donors (Lipinski definition) is 1. The summed E-state index contributed by atoms with van der Waals surface area (Å²) in [4.78, 5) is 16.7. The van der Waals surface area contributed by atoms with Gasteiger partial charge >= 0.3 is 5.97 Å². The molecule has 6 rings (SSSR count). The van der Waals surface area contributed by atoms with E-state index < -0.39 is 0 Å². The SMILES string of the molecule is CCOC(=O)c1cc(C(C)C)n2c1Cc1c([nH]c3ccccc13)C2c1ccc2c(c1)OCO2. The minimum Gasteiger partial charge on any atom is -0.462 e. The molecule has 0 saturated heterocycles. The maximum atomic E-state index is 13.0. The van der Waals surface area contributed by atoms with Crippen molar-refractivity contribution in [2.75, 3.05) is 13.4 Å². The molecule has 4 aromatic rings. The first-order chi connectivity index (χ1) is 16.1. The molecule has 1 atom stereocenters. The second kappa shape index (κ2) is 7.44. The lowest BCUT2D eigenvalue weighted by atomic mass is 9.91. The van der Waals surface area contributed by atoms with Crippen molar-refractivity contribution < 1.29 is 19.0 Å². The fourth-order valence-electron chi connectivity index (χ4n) is 5.24. The van der Waals surface area contributed by atoms with Gasteiger partial charge < -0.3 is 23.8 Å². The minimum atomic E-state index is -0.263. The van der Waals surface area contributed by atoms with Crippen LogP contribution in [-0.2, 0) is 11.2 Å². The third-order valence-corrected chi connectivity index (χ3v) is 6.69. The summed E-state index contributed by atoms with van der Waals surface area (Å²) in [5.74, 6) is 1.48. The van der Waals surface area contributed by atoms with Gasteiger partial charge in [-0.3, -0.25) is 0 Å². The van der Waals surface area contributed by atoms with Crippen molar-refractivity contribution in [3.05, 3.63) is 82.3 Å². The number of para-hydroxylation sites is 1. The lowest BCUT2D eigenvalue weighted by Gasteiger charge is -2.31. The second-order valence-electron chi connectivity index (χ2n) is 8.93. The number of rotatable bonds is 4. The molecule has 2 aromatic carbocycles. The quantitative estimate of drug-likeness (QED) is 0.371. The van der Waals surface area contributed by atoms with Gasteiger partial charge in [0.05, 0.1) is 18.2 Å².